The summed E-state index contributed by atoms with van der Waals surface area (Å²) < 4.78 is 13.7. The number of fused-ring (bicyclic) bond motifs is 1. The number of nitrogens with zero attached hydrogens (tertiary/aromatic N) is 3. The van der Waals surface area contributed by atoms with Crippen molar-refractivity contribution in [2.45, 2.75) is 44.7 Å². The molecule has 0 radical (unpaired) electrons. The number of esters is 1. The number of aromatic nitrogens is 3. The molecule has 1 unspecified atom stereocenters. The van der Waals surface area contributed by atoms with Gasteiger partial charge in [-0.15, -0.1) is 5.10 Å². The molecule has 1 aliphatic heterocycles. The molecule has 7 nitrogen and oxygen atoms in total. The minimum atomic E-state index is -0.515. The number of thioether (sulfide) groups is 1. The van der Waals surface area contributed by atoms with Gasteiger partial charge >= 0.3 is 5.97 Å². The highest BCUT2D eigenvalue weighted by Gasteiger charge is 2.35. The van der Waals surface area contributed by atoms with Gasteiger partial charge in [0.2, 0.25) is 11.1 Å². The van der Waals surface area contributed by atoms with Crippen LogP contribution in [0.1, 0.15) is 43.0 Å². The number of allylic oxidation sites excluding steroid dienone is 1. The van der Waals surface area contributed by atoms with E-state index < -0.39 is 12.0 Å². The Labute approximate surface area is 226 Å². The van der Waals surface area contributed by atoms with Crippen LogP contribution in [0, 0.1) is 0 Å². The van der Waals surface area contributed by atoms with Crippen molar-refractivity contribution in [1.82, 2.24) is 14.8 Å². The Morgan fingerprint density at radius 2 is 1.68 bits per heavy atom. The number of ether oxygens (including phenoxy) is 2. The molecule has 0 spiro atoms. The van der Waals surface area contributed by atoms with Crippen LogP contribution in [0.15, 0.2) is 101 Å². The predicted octanol–water partition coefficient (Wildman–Crippen LogP) is 6.39. The zero-order valence-corrected chi connectivity index (χ0v) is 22.3. The highest BCUT2D eigenvalue weighted by Crippen LogP contribution is 2.38. The maximum Gasteiger partial charge on any atom is 0.338 e. The van der Waals surface area contributed by atoms with Crippen LogP contribution in [0.5, 0.6) is 5.75 Å². The van der Waals surface area contributed by atoms with Crippen molar-refractivity contribution >= 4 is 23.7 Å². The van der Waals surface area contributed by atoms with E-state index in [1.165, 1.54) is 0 Å². The molecule has 1 aliphatic rings. The molecule has 0 bridgehead atoms. The Morgan fingerprint density at radius 3 is 2.39 bits per heavy atom. The number of benzene rings is 3. The highest BCUT2D eigenvalue weighted by molar-refractivity contribution is 7.99. The molecule has 1 atom stereocenters. The summed E-state index contributed by atoms with van der Waals surface area (Å²) in [5, 5.41) is 8.72. The number of anilines is 1. The lowest BCUT2D eigenvalue weighted by Crippen LogP contribution is -2.29. The summed E-state index contributed by atoms with van der Waals surface area (Å²) in [6.45, 7) is 4.63. The fourth-order valence-electron chi connectivity index (χ4n) is 4.27. The van der Waals surface area contributed by atoms with E-state index in [1.807, 2.05) is 91.9 Å². The fraction of sp³-hybridized carbons (Fsp3) is 0.233. The van der Waals surface area contributed by atoms with Gasteiger partial charge in [-0.1, -0.05) is 91.5 Å². The van der Waals surface area contributed by atoms with Crippen molar-refractivity contribution in [2.75, 3.05) is 11.1 Å². The van der Waals surface area contributed by atoms with Crippen LogP contribution in [0.2, 0.25) is 0 Å². The van der Waals surface area contributed by atoms with E-state index in [1.54, 1.807) is 16.4 Å². The Balaban J connectivity index is 1.46. The standard InChI is InChI=1S/C30H30N4O3S/c1-3-17-38-30-32-29-31-21(2)26(28(35)37-20-23-13-8-5-9-14-23)27(34(29)33-30)24-15-10-16-25(18-24)36-19-22-11-6-4-7-12-22/h4-16,18,27H,3,17,19-20H2,1-2H3,(H,31,32,33). The van der Waals surface area contributed by atoms with Crippen molar-refractivity contribution < 1.29 is 14.3 Å². The smallest absolute Gasteiger partial charge is 0.338 e. The minimum absolute atomic E-state index is 0.186. The Hall–Kier alpha value is -4.04. The first-order valence-corrected chi connectivity index (χ1v) is 13.7. The van der Waals surface area contributed by atoms with Crippen LogP contribution in [-0.4, -0.2) is 26.5 Å². The highest BCUT2D eigenvalue weighted by atomic mass is 32.2. The molecule has 0 saturated heterocycles. The zero-order valence-electron chi connectivity index (χ0n) is 21.5. The monoisotopic (exact) mass is 526 g/mol. The Kier molecular flexibility index (Phi) is 8.09. The Morgan fingerprint density at radius 1 is 0.974 bits per heavy atom. The Bertz CT molecular complexity index is 1420. The number of carbonyl (C=O) groups excluding carboxylic acids is 1. The SMILES string of the molecule is CCCSc1nc2n(n1)C(c1cccc(OCc3ccccc3)c1)C(C(=O)OCc1ccccc1)=C(C)N2. The normalized spacial score (nSPS) is 14.5. The largest absolute Gasteiger partial charge is 0.489 e. The van der Waals surface area contributed by atoms with Gasteiger partial charge in [0.15, 0.2) is 0 Å². The van der Waals surface area contributed by atoms with Crippen molar-refractivity contribution in [1.29, 1.82) is 0 Å². The summed E-state index contributed by atoms with van der Waals surface area (Å²) in [6.07, 6.45) is 1.01. The molecule has 0 aliphatic carbocycles. The lowest BCUT2D eigenvalue weighted by molar-refractivity contribution is -0.140. The molecule has 5 rings (SSSR count). The molecule has 0 fully saturated rings. The van der Waals surface area contributed by atoms with E-state index in [2.05, 4.69) is 17.2 Å². The summed E-state index contributed by atoms with van der Waals surface area (Å²) in [6, 6.07) is 27.0. The van der Waals surface area contributed by atoms with Crippen molar-refractivity contribution in [3.8, 4) is 5.75 Å². The maximum atomic E-state index is 13.5. The van der Waals surface area contributed by atoms with E-state index in [9.17, 15) is 4.79 Å². The number of rotatable bonds is 10. The summed E-state index contributed by atoms with van der Waals surface area (Å²) >= 11 is 1.60. The van der Waals surface area contributed by atoms with Crippen molar-refractivity contribution in [3.63, 3.8) is 0 Å². The molecule has 0 amide bonds. The molecule has 1 N–H and O–H groups in total. The van der Waals surface area contributed by atoms with Crippen LogP contribution in [0.25, 0.3) is 0 Å². The zero-order chi connectivity index (χ0) is 26.3. The second-order valence-electron chi connectivity index (χ2n) is 8.99. The lowest BCUT2D eigenvalue weighted by Gasteiger charge is -2.28. The van der Waals surface area contributed by atoms with Gasteiger partial charge in [-0.05, 0) is 42.2 Å². The maximum absolute atomic E-state index is 13.5. The first-order chi connectivity index (χ1) is 18.6. The molecule has 4 aromatic rings. The van der Waals surface area contributed by atoms with E-state index in [4.69, 9.17) is 14.6 Å². The second kappa shape index (κ2) is 12.0. The number of hydrogen-bond donors (Lipinski definition) is 1. The molecule has 8 heteroatoms. The van der Waals surface area contributed by atoms with Gasteiger partial charge in [0.1, 0.15) is 25.0 Å². The van der Waals surface area contributed by atoms with Crippen LogP contribution < -0.4 is 10.1 Å². The minimum Gasteiger partial charge on any atom is -0.489 e. The molecule has 2 heterocycles. The topological polar surface area (TPSA) is 78.3 Å². The van der Waals surface area contributed by atoms with Crippen LogP contribution in [0.3, 0.4) is 0 Å². The van der Waals surface area contributed by atoms with Gasteiger partial charge in [0.05, 0.1) is 5.57 Å². The van der Waals surface area contributed by atoms with E-state index in [-0.39, 0.29) is 6.61 Å². The fourth-order valence-corrected chi connectivity index (χ4v) is 4.96. The van der Waals surface area contributed by atoms with Crippen molar-refractivity contribution in [2.24, 2.45) is 0 Å². The number of hydrogen-bond acceptors (Lipinski definition) is 7. The second-order valence-corrected chi connectivity index (χ2v) is 10.0. The van der Waals surface area contributed by atoms with Crippen LogP contribution in [-0.2, 0) is 22.7 Å². The van der Waals surface area contributed by atoms with Gasteiger partial charge in [-0.3, -0.25) is 0 Å². The van der Waals surface area contributed by atoms with Gasteiger partial charge in [0, 0.05) is 11.4 Å². The molecular formula is C30H30N4O3S. The van der Waals surface area contributed by atoms with E-state index in [0.29, 0.717) is 34.7 Å². The first kappa shape index (κ1) is 25.6. The van der Waals surface area contributed by atoms with Crippen LogP contribution >= 0.6 is 11.8 Å². The van der Waals surface area contributed by atoms with Gasteiger partial charge in [0.25, 0.3) is 0 Å². The molecule has 38 heavy (non-hydrogen) atoms. The third-order valence-corrected chi connectivity index (χ3v) is 7.17. The molecule has 0 saturated carbocycles. The average Bonchev–Trinajstić information content (AvgIpc) is 3.36. The third-order valence-electron chi connectivity index (χ3n) is 6.12. The van der Waals surface area contributed by atoms with Gasteiger partial charge in [-0.25, -0.2) is 9.48 Å². The number of carbonyl (C=O) groups is 1. The predicted molar refractivity (Wildman–Crippen MR) is 149 cm³/mol. The molecule has 1 aromatic heterocycles. The summed E-state index contributed by atoms with van der Waals surface area (Å²) in [5.74, 6) is 1.82. The summed E-state index contributed by atoms with van der Waals surface area (Å²) in [4.78, 5) is 18.2. The van der Waals surface area contributed by atoms with Gasteiger partial charge in [-0.2, -0.15) is 4.98 Å². The van der Waals surface area contributed by atoms with Crippen molar-refractivity contribution in [3.05, 3.63) is 113 Å². The first-order valence-electron chi connectivity index (χ1n) is 12.7. The third kappa shape index (κ3) is 5.92. The van der Waals surface area contributed by atoms with E-state index in [0.717, 1.165) is 28.9 Å². The molecule has 3 aromatic carbocycles. The number of nitrogens with one attached hydrogen (secondary N) is 1. The summed E-state index contributed by atoms with van der Waals surface area (Å²) in [7, 11) is 0. The van der Waals surface area contributed by atoms with Crippen LogP contribution in [0.4, 0.5) is 5.95 Å². The van der Waals surface area contributed by atoms with Gasteiger partial charge < -0.3 is 14.8 Å². The lowest BCUT2D eigenvalue weighted by atomic mass is 9.95. The van der Waals surface area contributed by atoms with E-state index >= 15 is 0 Å². The molecule has 194 valence electrons. The quantitative estimate of drug-likeness (QED) is 0.189. The molecular weight excluding hydrogens is 496 g/mol. The average molecular weight is 527 g/mol. The summed E-state index contributed by atoms with van der Waals surface area (Å²) in [5.41, 5.74) is 4.05.